The maximum absolute atomic E-state index is 6.05. The van der Waals surface area contributed by atoms with E-state index >= 15 is 0 Å². The molecule has 0 radical (unpaired) electrons. The molecule has 0 bridgehead atoms. The molecule has 0 unspecified atom stereocenters. The van der Waals surface area contributed by atoms with Gasteiger partial charge in [-0.05, 0) is 48.5 Å². The lowest BCUT2D eigenvalue weighted by molar-refractivity contribution is 0.619. The van der Waals surface area contributed by atoms with Crippen molar-refractivity contribution in [2.75, 3.05) is 0 Å². The highest BCUT2D eigenvalue weighted by Gasteiger charge is 2.10. The zero-order valence-electron chi connectivity index (χ0n) is 13.6. The standard InChI is InChI=1S/C19H14ClN5O/c20-13-3-5-14(6-4-13)24-17(21)11-15-10-12(7-9-22-15)19-25-18-16(26-19)2-1-8-23-18/h1-10H,11H2,(H2,21,24). The fourth-order valence-electron chi connectivity index (χ4n) is 2.51. The molecule has 7 heteroatoms. The zero-order chi connectivity index (χ0) is 17.9. The number of amidine groups is 1. The van der Waals surface area contributed by atoms with Crippen LogP contribution in [0.5, 0.6) is 0 Å². The topological polar surface area (TPSA) is 90.2 Å². The number of hydrogen-bond donors (Lipinski definition) is 1. The number of nitrogens with two attached hydrogens (primary N) is 1. The van der Waals surface area contributed by atoms with Crippen molar-refractivity contribution in [1.82, 2.24) is 15.0 Å². The van der Waals surface area contributed by atoms with Crippen molar-refractivity contribution in [3.05, 3.63) is 71.6 Å². The molecule has 0 atom stereocenters. The van der Waals surface area contributed by atoms with E-state index in [1.54, 1.807) is 24.5 Å². The van der Waals surface area contributed by atoms with Crippen LogP contribution in [0, 0.1) is 0 Å². The lowest BCUT2D eigenvalue weighted by atomic mass is 10.2. The molecule has 0 aliphatic heterocycles. The normalized spacial score (nSPS) is 11.8. The van der Waals surface area contributed by atoms with Crippen LogP contribution < -0.4 is 5.73 Å². The average molecular weight is 364 g/mol. The van der Waals surface area contributed by atoms with E-state index in [0.717, 1.165) is 16.9 Å². The minimum absolute atomic E-state index is 0.412. The van der Waals surface area contributed by atoms with Gasteiger partial charge in [0.1, 0.15) is 5.84 Å². The van der Waals surface area contributed by atoms with E-state index in [4.69, 9.17) is 21.8 Å². The first-order valence-corrected chi connectivity index (χ1v) is 8.31. The van der Waals surface area contributed by atoms with E-state index in [2.05, 4.69) is 19.9 Å². The van der Waals surface area contributed by atoms with Crippen LogP contribution in [0.15, 0.2) is 70.3 Å². The molecular formula is C19H14ClN5O. The second-order valence-electron chi connectivity index (χ2n) is 5.64. The van der Waals surface area contributed by atoms with Gasteiger partial charge in [0.15, 0.2) is 11.2 Å². The molecule has 0 fully saturated rings. The first-order valence-electron chi connectivity index (χ1n) is 7.93. The Morgan fingerprint density at radius 3 is 2.73 bits per heavy atom. The predicted octanol–water partition coefficient (Wildman–Crippen LogP) is 4.17. The smallest absolute Gasteiger partial charge is 0.229 e. The van der Waals surface area contributed by atoms with E-state index in [1.165, 1.54) is 0 Å². The molecule has 0 saturated heterocycles. The number of aliphatic imine (C=N–C) groups is 1. The molecule has 4 rings (SSSR count). The Labute approximate surface area is 154 Å². The number of benzene rings is 1. The summed E-state index contributed by atoms with van der Waals surface area (Å²) in [5.41, 5.74) is 9.60. The van der Waals surface area contributed by atoms with Crippen LogP contribution in [0.25, 0.3) is 22.7 Å². The second kappa shape index (κ2) is 6.93. The number of oxazole rings is 1. The fourth-order valence-corrected chi connectivity index (χ4v) is 2.63. The van der Waals surface area contributed by atoms with Crippen molar-refractivity contribution >= 4 is 34.4 Å². The van der Waals surface area contributed by atoms with Crippen LogP contribution in [0.3, 0.4) is 0 Å². The Morgan fingerprint density at radius 2 is 1.92 bits per heavy atom. The quantitative estimate of drug-likeness (QED) is 0.434. The van der Waals surface area contributed by atoms with Crippen LogP contribution >= 0.6 is 11.6 Å². The molecular weight excluding hydrogens is 350 g/mol. The fraction of sp³-hybridized carbons (Fsp3) is 0.0526. The maximum Gasteiger partial charge on any atom is 0.229 e. The third-order valence-electron chi connectivity index (χ3n) is 3.69. The van der Waals surface area contributed by atoms with Gasteiger partial charge in [0, 0.05) is 35.1 Å². The van der Waals surface area contributed by atoms with Crippen molar-refractivity contribution in [2.45, 2.75) is 6.42 Å². The van der Waals surface area contributed by atoms with Gasteiger partial charge in [-0.2, -0.15) is 4.98 Å². The van der Waals surface area contributed by atoms with Crippen molar-refractivity contribution in [3.63, 3.8) is 0 Å². The number of aromatic nitrogens is 3. The van der Waals surface area contributed by atoms with Crippen molar-refractivity contribution in [1.29, 1.82) is 0 Å². The molecule has 3 aromatic heterocycles. The molecule has 4 aromatic rings. The summed E-state index contributed by atoms with van der Waals surface area (Å²) in [7, 11) is 0. The van der Waals surface area contributed by atoms with Gasteiger partial charge < -0.3 is 10.2 Å². The highest BCUT2D eigenvalue weighted by Crippen LogP contribution is 2.23. The van der Waals surface area contributed by atoms with Gasteiger partial charge in [0.2, 0.25) is 5.89 Å². The van der Waals surface area contributed by atoms with Gasteiger partial charge in [-0.25, -0.2) is 9.98 Å². The number of pyridine rings is 2. The van der Waals surface area contributed by atoms with Crippen LogP contribution in [-0.2, 0) is 6.42 Å². The highest BCUT2D eigenvalue weighted by molar-refractivity contribution is 6.30. The minimum atomic E-state index is 0.412. The van der Waals surface area contributed by atoms with Gasteiger partial charge in [0.05, 0.1) is 5.69 Å². The summed E-state index contributed by atoms with van der Waals surface area (Å²) in [6.07, 6.45) is 3.79. The van der Waals surface area contributed by atoms with Crippen molar-refractivity contribution in [3.8, 4) is 11.5 Å². The molecule has 128 valence electrons. The summed E-state index contributed by atoms with van der Waals surface area (Å²) in [6.45, 7) is 0. The predicted molar refractivity (Wildman–Crippen MR) is 101 cm³/mol. The number of rotatable bonds is 4. The number of nitrogens with zero attached hydrogens (tertiary/aromatic N) is 4. The Morgan fingerprint density at radius 1 is 1.08 bits per heavy atom. The molecule has 0 aliphatic rings. The summed E-state index contributed by atoms with van der Waals surface area (Å²) < 4.78 is 5.75. The Bertz CT molecular complexity index is 1060. The molecule has 6 nitrogen and oxygen atoms in total. The molecule has 0 amide bonds. The third kappa shape index (κ3) is 3.55. The van der Waals surface area contributed by atoms with Crippen LogP contribution in [0.1, 0.15) is 5.69 Å². The van der Waals surface area contributed by atoms with E-state index in [1.807, 2.05) is 36.4 Å². The maximum atomic E-state index is 6.05. The van der Waals surface area contributed by atoms with E-state index < -0.39 is 0 Å². The Balaban J connectivity index is 1.58. The van der Waals surface area contributed by atoms with Crippen LogP contribution in [0.4, 0.5) is 5.69 Å². The van der Waals surface area contributed by atoms with E-state index in [0.29, 0.717) is 34.4 Å². The van der Waals surface area contributed by atoms with Crippen LogP contribution in [-0.4, -0.2) is 20.8 Å². The van der Waals surface area contributed by atoms with Crippen molar-refractivity contribution in [2.24, 2.45) is 10.7 Å². The summed E-state index contributed by atoms with van der Waals surface area (Å²) in [5.74, 6) is 0.951. The van der Waals surface area contributed by atoms with E-state index in [-0.39, 0.29) is 0 Å². The lowest BCUT2D eigenvalue weighted by Crippen LogP contribution is -2.15. The first-order chi connectivity index (χ1) is 12.7. The molecule has 0 spiro atoms. The highest BCUT2D eigenvalue weighted by atomic mass is 35.5. The summed E-state index contributed by atoms with van der Waals surface area (Å²) in [4.78, 5) is 17.3. The minimum Gasteiger partial charge on any atom is -0.434 e. The largest absolute Gasteiger partial charge is 0.434 e. The van der Waals surface area contributed by atoms with Gasteiger partial charge in [-0.15, -0.1) is 0 Å². The van der Waals surface area contributed by atoms with Gasteiger partial charge in [0.25, 0.3) is 0 Å². The number of halogens is 1. The summed E-state index contributed by atoms with van der Waals surface area (Å²) >= 11 is 5.87. The Kier molecular flexibility index (Phi) is 4.33. The molecule has 0 aliphatic carbocycles. The number of fused-ring (bicyclic) bond motifs is 1. The van der Waals surface area contributed by atoms with E-state index in [9.17, 15) is 0 Å². The molecule has 1 aromatic carbocycles. The molecule has 26 heavy (non-hydrogen) atoms. The van der Waals surface area contributed by atoms with Gasteiger partial charge >= 0.3 is 0 Å². The van der Waals surface area contributed by atoms with Crippen molar-refractivity contribution < 1.29 is 4.42 Å². The SMILES string of the molecule is NC(Cc1cc(-c2nc3ncccc3o2)ccn1)=Nc1ccc(Cl)cc1. The van der Waals surface area contributed by atoms with Gasteiger partial charge in [-0.1, -0.05) is 11.6 Å². The monoisotopic (exact) mass is 363 g/mol. The lowest BCUT2D eigenvalue weighted by Gasteiger charge is -2.03. The third-order valence-corrected chi connectivity index (χ3v) is 3.94. The molecule has 2 N–H and O–H groups in total. The second-order valence-corrected chi connectivity index (χ2v) is 6.07. The first kappa shape index (κ1) is 16.2. The Hall–Kier alpha value is -3.25. The molecule has 0 saturated carbocycles. The zero-order valence-corrected chi connectivity index (χ0v) is 14.4. The average Bonchev–Trinajstić information content (AvgIpc) is 3.08. The summed E-state index contributed by atoms with van der Waals surface area (Å²) in [5, 5.41) is 0.657. The van der Waals surface area contributed by atoms with Crippen LogP contribution in [0.2, 0.25) is 5.02 Å². The number of hydrogen-bond acceptors (Lipinski definition) is 5. The molecule has 3 heterocycles. The van der Waals surface area contributed by atoms with Gasteiger partial charge in [-0.3, -0.25) is 4.98 Å². The summed E-state index contributed by atoms with van der Waals surface area (Å²) in [6, 6.07) is 14.5.